The molecule has 2 aromatic rings. The van der Waals surface area contributed by atoms with Gasteiger partial charge in [0.1, 0.15) is 15.5 Å². The Kier molecular flexibility index (Phi) is 5.41. The number of ether oxygens (including phenoxy) is 1. The molecule has 0 amide bonds. The maximum absolute atomic E-state index is 12.6. The Morgan fingerprint density at radius 1 is 1.31 bits per heavy atom. The molecule has 142 valence electrons. The minimum atomic E-state index is -1.18. The number of hydrogen-bond acceptors (Lipinski definition) is 5. The maximum atomic E-state index is 12.6. The van der Waals surface area contributed by atoms with E-state index in [-0.39, 0.29) is 16.4 Å². The molecule has 0 aliphatic heterocycles. The summed E-state index contributed by atoms with van der Waals surface area (Å²) in [5.41, 5.74) is 0.828. The standard InChI is InChI=1S/C19H26ClN3O2S/c1-6-15(23-26(24)18(2,3)4)13-10-22-17(25-19(5)7-8-19)14-11-21-16(20)9-12(13)14/h9-11,15,23H,6-8H2,1-5H3/t15-,26-/m0/s1. The molecule has 1 aliphatic rings. The molecule has 2 heterocycles. The smallest absolute Gasteiger partial charge is 0.223 e. The van der Waals surface area contributed by atoms with E-state index in [4.69, 9.17) is 16.3 Å². The molecule has 0 aromatic carbocycles. The third-order valence-corrected chi connectivity index (χ3v) is 6.44. The SMILES string of the molecule is CC[C@H](N[S@@+]([O-])C(C)(C)C)c1cnc(OC2(C)CC2)c2cnc(Cl)cc12. The number of fused-ring (bicyclic) bond motifs is 1. The second-order valence-corrected chi connectivity index (χ2v) is 10.5. The lowest BCUT2D eigenvalue weighted by Gasteiger charge is -2.28. The summed E-state index contributed by atoms with van der Waals surface area (Å²) in [5.74, 6) is 0.583. The van der Waals surface area contributed by atoms with E-state index >= 15 is 0 Å². The molecule has 1 fully saturated rings. The van der Waals surface area contributed by atoms with Crippen molar-refractivity contribution in [1.82, 2.24) is 14.7 Å². The molecule has 3 rings (SSSR count). The molecular formula is C19H26ClN3O2S. The molecular weight excluding hydrogens is 370 g/mol. The first-order valence-corrected chi connectivity index (χ1v) is 10.5. The van der Waals surface area contributed by atoms with Crippen molar-refractivity contribution in [3.8, 4) is 5.88 Å². The van der Waals surface area contributed by atoms with E-state index in [9.17, 15) is 4.55 Å². The van der Waals surface area contributed by atoms with Gasteiger partial charge in [-0.05, 0) is 58.4 Å². The van der Waals surface area contributed by atoms with Crippen molar-refractivity contribution in [2.24, 2.45) is 0 Å². The van der Waals surface area contributed by atoms with Crippen LogP contribution in [0.3, 0.4) is 0 Å². The summed E-state index contributed by atoms with van der Waals surface area (Å²) >= 11 is 4.98. The number of halogens is 1. The van der Waals surface area contributed by atoms with Gasteiger partial charge in [0.15, 0.2) is 0 Å². The third kappa shape index (κ3) is 4.25. The van der Waals surface area contributed by atoms with E-state index < -0.39 is 11.4 Å². The second-order valence-electron chi connectivity index (χ2n) is 8.08. The molecule has 0 saturated heterocycles. The highest BCUT2D eigenvalue weighted by Crippen LogP contribution is 2.41. The average molecular weight is 396 g/mol. The van der Waals surface area contributed by atoms with E-state index in [1.807, 2.05) is 26.8 Å². The molecule has 1 N–H and O–H groups in total. The molecule has 1 saturated carbocycles. The Balaban J connectivity index is 2.02. The highest BCUT2D eigenvalue weighted by Gasteiger charge is 2.41. The normalized spacial score (nSPS) is 18.6. The Labute approximate surface area is 163 Å². The summed E-state index contributed by atoms with van der Waals surface area (Å²) in [4.78, 5) is 8.77. The van der Waals surface area contributed by atoms with Gasteiger partial charge in [-0.2, -0.15) is 0 Å². The minimum Gasteiger partial charge on any atom is -0.598 e. The van der Waals surface area contributed by atoms with Crippen LogP contribution < -0.4 is 9.46 Å². The van der Waals surface area contributed by atoms with Crippen molar-refractivity contribution < 1.29 is 9.29 Å². The maximum Gasteiger partial charge on any atom is 0.223 e. The first-order valence-electron chi connectivity index (χ1n) is 8.94. The van der Waals surface area contributed by atoms with Crippen molar-refractivity contribution in [3.63, 3.8) is 0 Å². The Morgan fingerprint density at radius 2 is 2.00 bits per heavy atom. The quantitative estimate of drug-likeness (QED) is 0.566. The van der Waals surface area contributed by atoms with E-state index in [0.717, 1.165) is 35.6 Å². The van der Waals surface area contributed by atoms with Crippen LogP contribution in [-0.2, 0) is 11.4 Å². The van der Waals surface area contributed by atoms with Crippen LogP contribution in [0.2, 0.25) is 5.15 Å². The minimum absolute atomic E-state index is 0.103. The topological polar surface area (TPSA) is 70.1 Å². The lowest BCUT2D eigenvalue weighted by atomic mass is 10.0. The fourth-order valence-electron chi connectivity index (χ4n) is 2.65. The van der Waals surface area contributed by atoms with Crippen LogP contribution in [0.1, 0.15) is 65.5 Å². The van der Waals surface area contributed by atoms with Gasteiger partial charge in [0.05, 0.1) is 11.4 Å². The number of aromatic nitrogens is 2. The van der Waals surface area contributed by atoms with E-state index in [1.54, 1.807) is 12.4 Å². The van der Waals surface area contributed by atoms with Crippen LogP contribution in [0.4, 0.5) is 0 Å². The Hall–Kier alpha value is -1.08. The first-order chi connectivity index (χ1) is 12.1. The van der Waals surface area contributed by atoms with Crippen molar-refractivity contribution in [2.75, 3.05) is 0 Å². The zero-order chi connectivity index (χ0) is 19.1. The monoisotopic (exact) mass is 395 g/mol. The van der Waals surface area contributed by atoms with Gasteiger partial charge in [0.25, 0.3) is 0 Å². The summed E-state index contributed by atoms with van der Waals surface area (Å²) in [6.07, 6.45) is 6.35. The molecule has 5 nitrogen and oxygen atoms in total. The van der Waals surface area contributed by atoms with Crippen LogP contribution in [0, 0.1) is 0 Å². The zero-order valence-corrected chi connectivity index (χ0v) is 17.5. The summed E-state index contributed by atoms with van der Waals surface area (Å²) in [7, 11) is 0. The Bertz CT molecular complexity index is 805. The largest absolute Gasteiger partial charge is 0.598 e. The first kappa shape index (κ1) is 19.7. The van der Waals surface area contributed by atoms with Gasteiger partial charge in [0, 0.05) is 29.3 Å². The van der Waals surface area contributed by atoms with E-state index in [1.165, 1.54) is 0 Å². The van der Waals surface area contributed by atoms with Crippen LogP contribution >= 0.6 is 11.6 Å². The molecule has 2 atom stereocenters. The number of rotatable bonds is 6. The van der Waals surface area contributed by atoms with Gasteiger partial charge in [0.2, 0.25) is 5.88 Å². The molecule has 0 radical (unpaired) electrons. The van der Waals surface area contributed by atoms with Gasteiger partial charge in [-0.3, -0.25) is 0 Å². The predicted molar refractivity (Wildman–Crippen MR) is 107 cm³/mol. The molecule has 1 aliphatic carbocycles. The van der Waals surface area contributed by atoms with Crippen molar-refractivity contribution >= 4 is 33.7 Å². The van der Waals surface area contributed by atoms with Crippen molar-refractivity contribution in [1.29, 1.82) is 0 Å². The summed E-state index contributed by atoms with van der Waals surface area (Å²) in [6, 6.07) is 1.73. The zero-order valence-electron chi connectivity index (χ0n) is 15.9. The summed E-state index contributed by atoms with van der Waals surface area (Å²) in [6.45, 7) is 10.00. The van der Waals surface area contributed by atoms with Crippen LogP contribution in [0.25, 0.3) is 10.8 Å². The lowest BCUT2D eigenvalue weighted by Crippen LogP contribution is -2.41. The molecule has 0 unspecified atom stereocenters. The van der Waals surface area contributed by atoms with E-state index in [2.05, 4.69) is 28.5 Å². The molecule has 2 aromatic heterocycles. The number of pyridine rings is 2. The van der Waals surface area contributed by atoms with Gasteiger partial charge >= 0.3 is 0 Å². The van der Waals surface area contributed by atoms with E-state index in [0.29, 0.717) is 11.0 Å². The van der Waals surface area contributed by atoms with Crippen LogP contribution in [-0.4, -0.2) is 24.9 Å². The fraction of sp³-hybridized carbons (Fsp3) is 0.579. The summed E-state index contributed by atoms with van der Waals surface area (Å²) in [5, 5.41) is 2.19. The second kappa shape index (κ2) is 7.15. The summed E-state index contributed by atoms with van der Waals surface area (Å²) < 4.78 is 21.6. The molecule has 0 bridgehead atoms. The molecule has 0 spiro atoms. The number of nitrogens with zero attached hydrogens (tertiary/aromatic N) is 2. The van der Waals surface area contributed by atoms with Crippen LogP contribution in [0.15, 0.2) is 18.5 Å². The molecule has 7 heteroatoms. The highest BCUT2D eigenvalue weighted by molar-refractivity contribution is 7.90. The predicted octanol–water partition coefficient (Wildman–Crippen LogP) is 4.72. The van der Waals surface area contributed by atoms with Crippen molar-refractivity contribution in [3.05, 3.63) is 29.2 Å². The lowest BCUT2D eigenvalue weighted by molar-refractivity contribution is 0.194. The average Bonchev–Trinajstić information content (AvgIpc) is 3.29. The molecule has 26 heavy (non-hydrogen) atoms. The fourth-order valence-corrected chi connectivity index (χ4v) is 3.71. The Morgan fingerprint density at radius 3 is 2.58 bits per heavy atom. The van der Waals surface area contributed by atoms with Gasteiger partial charge in [-0.15, -0.1) is 4.72 Å². The van der Waals surface area contributed by atoms with Gasteiger partial charge < -0.3 is 9.29 Å². The van der Waals surface area contributed by atoms with Gasteiger partial charge in [-0.1, -0.05) is 18.5 Å². The van der Waals surface area contributed by atoms with Crippen LogP contribution in [0.5, 0.6) is 5.88 Å². The van der Waals surface area contributed by atoms with Crippen molar-refractivity contribution in [2.45, 2.75) is 70.3 Å². The van der Waals surface area contributed by atoms with Gasteiger partial charge in [-0.25, -0.2) is 9.97 Å². The number of hydrogen-bond donors (Lipinski definition) is 1. The highest BCUT2D eigenvalue weighted by atomic mass is 35.5. The number of nitrogens with one attached hydrogen (secondary N) is 1. The third-order valence-electron chi connectivity index (χ3n) is 4.62.